The van der Waals surface area contributed by atoms with Crippen LogP contribution < -0.4 is 0 Å². The molecule has 7 heteroatoms. The highest BCUT2D eigenvalue weighted by molar-refractivity contribution is 8.39. The van der Waals surface area contributed by atoms with Gasteiger partial charge in [0.05, 0.1) is 5.25 Å². The Balaban J connectivity index is 1.32. The van der Waals surface area contributed by atoms with E-state index in [0.29, 0.717) is 24.2 Å². The number of thioether (sulfide) groups is 2. The normalized spacial score (nSPS) is 32.4. The number of carbonyl (C=O) groups excluding carboxylic acids is 1. The molecule has 1 aliphatic heterocycles. The van der Waals surface area contributed by atoms with Crippen molar-refractivity contribution < 1.29 is 14.3 Å². The van der Waals surface area contributed by atoms with Gasteiger partial charge in [-0.2, -0.15) is 4.99 Å². The largest absolute Gasteiger partial charge is 0.505 e. The van der Waals surface area contributed by atoms with Crippen molar-refractivity contribution >= 4 is 33.8 Å². The molecule has 1 aromatic heterocycles. The van der Waals surface area contributed by atoms with Gasteiger partial charge in [0.15, 0.2) is 11.6 Å². The van der Waals surface area contributed by atoms with E-state index in [4.69, 9.17) is 0 Å². The second kappa shape index (κ2) is 8.12. The van der Waals surface area contributed by atoms with E-state index in [1.54, 1.807) is 12.4 Å². The first-order chi connectivity index (χ1) is 15.9. The predicted molar refractivity (Wildman–Crippen MR) is 132 cm³/mol. The second-order valence-corrected chi connectivity index (χ2v) is 12.6. The fourth-order valence-corrected chi connectivity index (χ4v) is 8.89. The van der Waals surface area contributed by atoms with Crippen LogP contribution in [0.2, 0.25) is 0 Å². The van der Waals surface area contributed by atoms with E-state index >= 15 is 4.39 Å². The van der Waals surface area contributed by atoms with Gasteiger partial charge in [-0.1, -0.05) is 11.8 Å². The minimum atomic E-state index is -0.553. The van der Waals surface area contributed by atoms with Crippen LogP contribution in [0.25, 0.3) is 11.1 Å². The Morgan fingerprint density at radius 1 is 1.09 bits per heavy atom. The summed E-state index contributed by atoms with van der Waals surface area (Å²) in [4.78, 5) is 20.7. The third-order valence-corrected chi connectivity index (χ3v) is 10.3. The second-order valence-electron chi connectivity index (χ2n) is 10.4. The van der Waals surface area contributed by atoms with Crippen LogP contribution in [0.3, 0.4) is 0 Å². The number of phenols is 1. The highest BCUT2D eigenvalue weighted by Crippen LogP contribution is 2.62. The topological polar surface area (TPSA) is 62.5 Å². The lowest BCUT2D eigenvalue weighted by Crippen LogP contribution is -2.48. The van der Waals surface area contributed by atoms with Gasteiger partial charge in [0.2, 0.25) is 0 Å². The molecule has 4 nitrogen and oxygen atoms in total. The van der Waals surface area contributed by atoms with Gasteiger partial charge >= 0.3 is 0 Å². The third-order valence-electron chi connectivity index (χ3n) is 8.12. The first-order valence-corrected chi connectivity index (χ1v) is 13.8. The van der Waals surface area contributed by atoms with Crippen LogP contribution in [0.5, 0.6) is 5.75 Å². The minimum absolute atomic E-state index is 0.0980. The first-order valence-electron chi connectivity index (χ1n) is 11.7. The number of carbonyl (C=O) groups is 1. The number of halogens is 1. The molecule has 4 fully saturated rings. The van der Waals surface area contributed by atoms with Gasteiger partial charge in [0, 0.05) is 23.5 Å². The monoisotopic (exact) mass is 482 g/mol. The molecular formula is C26H27FN2O2S2. The summed E-state index contributed by atoms with van der Waals surface area (Å²) < 4.78 is 15.8. The summed E-state index contributed by atoms with van der Waals surface area (Å²) in [7, 11) is 0. The van der Waals surface area contributed by atoms with Gasteiger partial charge < -0.3 is 5.11 Å². The Kier molecular flexibility index (Phi) is 5.33. The van der Waals surface area contributed by atoms with Crippen LogP contribution in [-0.4, -0.2) is 31.9 Å². The van der Waals surface area contributed by atoms with Crippen LogP contribution in [0.4, 0.5) is 4.39 Å². The molecule has 4 saturated carbocycles. The maximum Gasteiger partial charge on any atom is 0.261 e. The molecule has 1 unspecified atom stereocenters. The summed E-state index contributed by atoms with van der Waals surface area (Å²) in [6, 6.07) is 5.43. The highest BCUT2D eigenvalue weighted by atomic mass is 32.2. The van der Waals surface area contributed by atoms with Crippen molar-refractivity contribution in [3.05, 3.63) is 47.5 Å². The number of rotatable bonds is 4. The van der Waals surface area contributed by atoms with E-state index in [2.05, 4.69) is 9.98 Å². The van der Waals surface area contributed by atoms with Crippen LogP contribution in [0.1, 0.15) is 49.7 Å². The molecule has 5 aliphatic rings. The quantitative estimate of drug-likeness (QED) is 0.582. The third kappa shape index (κ3) is 3.81. The number of benzene rings is 1. The molecule has 1 aromatic carbocycles. The van der Waals surface area contributed by atoms with Crippen molar-refractivity contribution in [3.63, 3.8) is 0 Å². The summed E-state index contributed by atoms with van der Waals surface area (Å²) in [5.74, 6) is 1.31. The van der Waals surface area contributed by atoms with Crippen molar-refractivity contribution in [1.82, 2.24) is 4.98 Å². The Morgan fingerprint density at radius 2 is 1.79 bits per heavy atom. The van der Waals surface area contributed by atoms with Gasteiger partial charge in [0.1, 0.15) is 4.38 Å². The molecule has 4 aliphatic carbocycles. The van der Waals surface area contributed by atoms with Gasteiger partial charge in [-0.25, -0.2) is 4.39 Å². The van der Waals surface area contributed by atoms with E-state index in [-0.39, 0.29) is 22.3 Å². The first kappa shape index (κ1) is 21.7. The molecule has 1 amide bonds. The number of nitrogens with zero attached hydrogens (tertiary/aromatic N) is 2. The highest BCUT2D eigenvalue weighted by Gasteiger charge is 2.52. The Hall–Kier alpha value is -1.86. The molecule has 0 saturated heterocycles. The van der Waals surface area contributed by atoms with Crippen molar-refractivity contribution in [2.45, 2.75) is 55.6 Å². The van der Waals surface area contributed by atoms with E-state index in [1.807, 2.05) is 18.4 Å². The minimum Gasteiger partial charge on any atom is -0.505 e. The number of phenolic OH excluding ortho intramolecular Hbond substituents is 1. The number of pyridine rings is 1. The number of hydrogen-bond donors (Lipinski definition) is 1. The lowest BCUT2D eigenvalue weighted by atomic mass is 9.48. The van der Waals surface area contributed by atoms with Crippen molar-refractivity contribution in [2.24, 2.45) is 22.7 Å². The lowest BCUT2D eigenvalue weighted by molar-refractivity contribution is -0.117. The smallest absolute Gasteiger partial charge is 0.261 e. The molecule has 1 N–H and O–H groups in total. The van der Waals surface area contributed by atoms with Gasteiger partial charge in [0.25, 0.3) is 5.91 Å². The maximum absolute atomic E-state index is 15.0. The zero-order chi connectivity index (χ0) is 22.7. The molecule has 1 atom stereocenters. The van der Waals surface area contributed by atoms with E-state index in [1.165, 1.54) is 48.9 Å². The van der Waals surface area contributed by atoms with Gasteiger partial charge in [-0.3, -0.25) is 9.78 Å². The average molecular weight is 483 g/mol. The van der Waals surface area contributed by atoms with Crippen molar-refractivity contribution in [2.75, 3.05) is 6.26 Å². The molecule has 33 heavy (non-hydrogen) atoms. The molecule has 172 valence electrons. The molecular weight excluding hydrogens is 455 g/mol. The standard InChI is InChI=1S/C26H27FN2O2S2/c1-32-25-29-24(31)22(33-25)6-17-5-19(13-28-12-17)18-7-20(23(30)21(27)8-18)26-9-14-2-15(10-26)4-16(3-14)11-26/h5,7-8,12-16,22,30H,2-4,6,9-11H2,1H3. The van der Waals surface area contributed by atoms with Crippen LogP contribution >= 0.6 is 23.5 Å². The van der Waals surface area contributed by atoms with E-state index in [9.17, 15) is 9.90 Å². The van der Waals surface area contributed by atoms with Crippen molar-refractivity contribution in [3.8, 4) is 16.9 Å². The Bertz CT molecular complexity index is 1130. The Morgan fingerprint density at radius 3 is 2.42 bits per heavy atom. The number of aromatic hydroxyl groups is 1. The number of aromatic nitrogens is 1. The number of aliphatic imine (C=N–C) groups is 1. The fourth-order valence-electron chi connectivity index (χ4n) is 7.16. The summed E-state index contributed by atoms with van der Waals surface area (Å²) in [5, 5.41) is 10.6. The van der Waals surface area contributed by atoms with Crippen LogP contribution in [0.15, 0.2) is 35.6 Å². The number of amides is 1. The predicted octanol–water partition coefficient (Wildman–Crippen LogP) is 5.96. The van der Waals surface area contributed by atoms with E-state index < -0.39 is 5.82 Å². The van der Waals surface area contributed by atoms with E-state index in [0.717, 1.165) is 45.9 Å². The molecule has 7 rings (SSSR count). The molecule has 4 bridgehead atoms. The fraction of sp³-hybridized carbons (Fsp3) is 0.500. The zero-order valence-electron chi connectivity index (χ0n) is 18.6. The Labute approximate surface area is 201 Å². The molecule has 0 spiro atoms. The summed E-state index contributed by atoms with van der Waals surface area (Å²) in [5.41, 5.74) is 3.19. The summed E-state index contributed by atoms with van der Waals surface area (Å²) >= 11 is 2.99. The molecule has 2 heterocycles. The summed E-state index contributed by atoms with van der Waals surface area (Å²) in [6.45, 7) is 0. The SMILES string of the molecule is CSC1=NC(=O)C(Cc2cncc(-c3cc(F)c(O)c(C45CC6CC(CC(C6)C4)C5)c3)c2)S1. The lowest BCUT2D eigenvalue weighted by Gasteiger charge is -2.57. The molecule has 0 radical (unpaired) electrons. The summed E-state index contributed by atoms with van der Waals surface area (Å²) in [6.07, 6.45) is 13.1. The zero-order valence-corrected chi connectivity index (χ0v) is 20.2. The van der Waals surface area contributed by atoms with Crippen molar-refractivity contribution in [1.29, 1.82) is 0 Å². The average Bonchev–Trinajstić information content (AvgIpc) is 3.14. The van der Waals surface area contributed by atoms with Crippen LogP contribution in [0, 0.1) is 23.6 Å². The van der Waals surface area contributed by atoms with Gasteiger partial charge in [-0.05, 0) is 104 Å². The number of hydrogen-bond acceptors (Lipinski definition) is 5. The molecule has 2 aromatic rings. The maximum atomic E-state index is 15.0. The van der Waals surface area contributed by atoms with Gasteiger partial charge in [-0.15, -0.1) is 11.8 Å². The van der Waals surface area contributed by atoms with Crippen LogP contribution in [-0.2, 0) is 16.6 Å².